The third-order valence-electron chi connectivity index (χ3n) is 9.55. The molecular formula is C31H39NO3. The largest absolute Gasteiger partial charge is 0.458 e. The van der Waals surface area contributed by atoms with E-state index in [1.165, 1.54) is 12.8 Å². The first-order chi connectivity index (χ1) is 16.8. The highest BCUT2D eigenvalue weighted by molar-refractivity contribution is 5.83. The molecule has 0 amide bonds. The lowest BCUT2D eigenvalue weighted by atomic mass is 9.54. The molecule has 2 bridgehead atoms. The second-order valence-corrected chi connectivity index (χ2v) is 11.2. The van der Waals surface area contributed by atoms with E-state index in [0.29, 0.717) is 5.92 Å². The van der Waals surface area contributed by atoms with E-state index in [2.05, 4.69) is 25.7 Å². The van der Waals surface area contributed by atoms with Gasteiger partial charge in [0.2, 0.25) is 0 Å². The molecule has 3 aliphatic rings. The van der Waals surface area contributed by atoms with Crippen molar-refractivity contribution in [1.82, 2.24) is 4.90 Å². The molecule has 3 atom stereocenters. The maximum absolute atomic E-state index is 13.3. The van der Waals surface area contributed by atoms with E-state index in [-0.39, 0.29) is 17.5 Å². The second-order valence-electron chi connectivity index (χ2n) is 11.2. The van der Waals surface area contributed by atoms with Crippen LogP contribution in [0, 0.1) is 16.7 Å². The molecule has 4 nitrogen and oxygen atoms in total. The smallest absolute Gasteiger partial charge is 0.332 e. The van der Waals surface area contributed by atoms with Crippen molar-refractivity contribution in [3.05, 3.63) is 83.6 Å². The highest BCUT2D eigenvalue weighted by Crippen LogP contribution is 2.73. The maximum Gasteiger partial charge on any atom is 0.332 e. The Bertz CT molecular complexity index is 1030. The number of likely N-dealkylation sites (tertiary alicyclic amines) is 1. The zero-order valence-electron chi connectivity index (χ0n) is 21.4. The number of hydrogen-bond acceptors (Lipinski definition) is 4. The van der Waals surface area contributed by atoms with Crippen LogP contribution in [0.25, 0.3) is 0 Å². The summed E-state index contributed by atoms with van der Waals surface area (Å²) in [4.78, 5) is 15.7. The maximum atomic E-state index is 13.3. The predicted molar refractivity (Wildman–Crippen MR) is 138 cm³/mol. The topological polar surface area (TPSA) is 49.8 Å². The molecule has 1 saturated heterocycles. The summed E-state index contributed by atoms with van der Waals surface area (Å²) in [7, 11) is 0. The Labute approximate surface area is 210 Å². The van der Waals surface area contributed by atoms with Gasteiger partial charge in [-0.3, -0.25) is 0 Å². The van der Waals surface area contributed by atoms with E-state index in [0.717, 1.165) is 55.6 Å². The van der Waals surface area contributed by atoms with E-state index in [9.17, 15) is 9.90 Å². The van der Waals surface area contributed by atoms with Crippen molar-refractivity contribution >= 4 is 5.97 Å². The highest BCUT2D eigenvalue weighted by Gasteiger charge is 2.74. The van der Waals surface area contributed by atoms with Crippen LogP contribution in [0.2, 0.25) is 0 Å². The molecule has 1 heterocycles. The third kappa shape index (κ3) is 3.64. The van der Waals surface area contributed by atoms with Crippen molar-refractivity contribution in [3.8, 4) is 0 Å². The number of allylic oxidation sites excluding steroid dienone is 1. The van der Waals surface area contributed by atoms with E-state index < -0.39 is 11.0 Å². The first kappa shape index (κ1) is 24.1. The second kappa shape index (κ2) is 9.13. The molecule has 2 saturated carbocycles. The molecule has 0 unspecified atom stereocenters. The number of rotatable bonds is 7. The summed E-state index contributed by atoms with van der Waals surface area (Å²) < 4.78 is 6.36. The minimum absolute atomic E-state index is 0.204. The normalized spacial score (nSPS) is 27.9. The molecule has 2 aromatic rings. The highest BCUT2D eigenvalue weighted by atomic mass is 16.5. The van der Waals surface area contributed by atoms with Crippen LogP contribution in [0.5, 0.6) is 0 Å². The van der Waals surface area contributed by atoms with Crippen molar-refractivity contribution in [2.75, 3.05) is 13.1 Å². The lowest BCUT2D eigenvalue weighted by Crippen LogP contribution is -2.57. The number of carbonyl (C=O) groups is 1. The molecule has 2 aliphatic carbocycles. The SMILES string of the molecule is CC/C(=C\C(=O)O[C@@H]1C[C@H]2CC[C@]1(C(O)(c1ccccc1)c1ccccc1)C2(C)C)N1CCCC1. The monoisotopic (exact) mass is 473 g/mol. The van der Waals surface area contributed by atoms with E-state index >= 15 is 0 Å². The minimum Gasteiger partial charge on any atom is -0.458 e. The summed E-state index contributed by atoms with van der Waals surface area (Å²) in [5.41, 5.74) is 0.683. The predicted octanol–water partition coefficient (Wildman–Crippen LogP) is 6.05. The zero-order valence-corrected chi connectivity index (χ0v) is 21.4. The number of nitrogens with zero attached hydrogens (tertiary/aromatic N) is 1. The fourth-order valence-corrected chi connectivity index (χ4v) is 7.70. The van der Waals surface area contributed by atoms with Gasteiger partial charge in [-0.2, -0.15) is 0 Å². The number of benzene rings is 2. The molecule has 2 aromatic carbocycles. The van der Waals surface area contributed by atoms with Crippen LogP contribution < -0.4 is 0 Å². The fourth-order valence-electron chi connectivity index (χ4n) is 7.70. The van der Waals surface area contributed by atoms with E-state index in [1.54, 1.807) is 6.08 Å². The standard InChI is InChI=1S/C31H39NO3/c1-4-26(32-19-11-12-20-32)22-28(33)35-27-21-25-17-18-30(27,29(25,2)3)31(34,23-13-7-5-8-14-23)24-15-9-6-10-16-24/h5-10,13-16,22,25,27,34H,4,11-12,17-21H2,1-3H3/b26-22+/t25-,27-,30-/m1/s1. The van der Waals surface area contributed by atoms with Crippen LogP contribution in [-0.4, -0.2) is 35.2 Å². The average Bonchev–Trinajstić information content (AvgIpc) is 3.55. The van der Waals surface area contributed by atoms with Gasteiger partial charge in [0.15, 0.2) is 0 Å². The van der Waals surface area contributed by atoms with Gasteiger partial charge in [-0.05, 0) is 61.0 Å². The molecule has 3 fully saturated rings. The first-order valence-electron chi connectivity index (χ1n) is 13.3. The lowest BCUT2D eigenvalue weighted by Gasteiger charge is -2.53. The van der Waals surface area contributed by atoms with Gasteiger partial charge in [-0.1, -0.05) is 81.4 Å². The number of esters is 1. The summed E-state index contributed by atoms with van der Waals surface area (Å²) >= 11 is 0. The summed E-state index contributed by atoms with van der Waals surface area (Å²) in [6.45, 7) is 8.66. The van der Waals surface area contributed by atoms with Crippen LogP contribution in [0.4, 0.5) is 0 Å². The molecule has 1 aliphatic heterocycles. The van der Waals surface area contributed by atoms with Crippen LogP contribution in [0.1, 0.15) is 70.4 Å². The van der Waals surface area contributed by atoms with Gasteiger partial charge in [0.1, 0.15) is 11.7 Å². The molecule has 186 valence electrons. The molecule has 0 aromatic heterocycles. The quantitative estimate of drug-likeness (QED) is 0.393. The van der Waals surface area contributed by atoms with Crippen LogP contribution in [-0.2, 0) is 15.1 Å². The Hall–Kier alpha value is -2.59. The van der Waals surface area contributed by atoms with Crippen molar-refractivity contribution in [2.24, 2.45) is 16.7 Å². The number of carbonyl (C=O) groups excluding carboxylic acids is 1. The van der Waals surface area contributed by atoms with Crippen LogP contribution in [0.3, 0.4) is 0 Å². The lowest BCUT2D eigenvalue weighted by molar-refractivity contribution is -0.180. The molecule has 5 rings (SSSR count). The molecule has 0 radical (unpaired) electrons. The van der Waals surface area contributed by atoms with Gasteiger partial charge >= 0.3 is 5.97 Å². The van der Waals surface area contributed by atoms with Crippen molar-refractivity contribution < 1.29 is 14.6 Å². The molecular weight excluding hydrogens is 434 g/mol. The molecule has 4 heteroatoms. The summed E-state index contributed by atoms with van der Waals surface area (Å²) in [5.74, 6) is 0.123. The van der Waals surface area contributed by atoms with Gasteiger partial charge < -0.3 is 14.7 Å². The van der Waals surface area contributed by atoms with E-state index in [1.807, 2.05) is 60.7 Å². The zero-order chi connectivity index (χ0) is 24.7. The molecule has 1 N–H and O–H groups in total. The Morgan fingerprint density at radius 2 is 1.63 bits per heavy atom. The Morgan fingerprint density at radius 1 is 1.06 bits per heavy atom. The van der Waals surface area contributed by atoms with Gasteiger partial charge in [-0.15, -0.1) is 0 Å². The number of aliphatic hydroxyl groups is 1. The number of hydrogen-bond donors (Lipinski definition) is 1. The van der Waals surface area contributed by atoms with E-state index in [4.69, 9.17) is 4.74 Å². The van der Waals surface area contributed by atoms with Crippen LogP contribution in [0.15, 0.2) is 72.4 Å². The van der Waals surface area contributed by atoms with Gasteiger partial charge in [0.25, 0.3) is 0 Å². The summed E-state index contributed by atoms with van der Waals surface area (Å²) in [6.07, 6.45) is 7.16. The Morgan fingerprint density at radius 3 is 2.14 bits per heavy atom. The van der Waals surface area contributed by atoms with Crippen molar-refractivity contribution in [1.29, 1.82) is 0 Å². The van der Waals surface area contributed by atoms with Crippen LogP contribution >= 0.6 is 0 Å². The summed E-state index contributed by atoms with van der Waals surface area (Å²) in [5, 5.41) is 12.9. The average molecular weight is 474 g/mol. The molecule has 35 heavy (non-hydrogen) atoms. The first-order valence-corrected chi connectivity index (χ1v) is 13.3. The summed E-state index contributed by atoms with van der Waals surface area (Å²) in [6, 6.07) is 20.0. The third-order valence-corrected chi connectivity index (χ3v) is 9.55. The minimum atomic E-state index is -1.28. The van der Waals surface area contributed by atoms with Gasteiger partial charge in [0, 0.05) is 30.3 Å². The Kier molecular flexibility index (Phi) is 6.29. The van der Waals surface area contributed by atoms with Gasteiger partial charge in [-0.25, -0.2) is 4.79 Å². The number of fused-ring (bicyclic) bond motifs is 2. The van der Waals surface area contributed by atoms with Crippen molar-refractivity contribution in [3.63, 3.8) is 0 Å². The fraction of sp³-hybridized carbons (Fsp3) is 0.516. The number of ether oxygens (including phenoxy) is 1. The van der Waals surface area contributed by atoms with Gasteiger partial charge in [0.05, 0.1) is 0 Å². The Balaban J connectivity index is 1.58. The van der Waals surface area contributed by atoms with Crippen molar-refractivity contribution in [2.45, 2.75) is 71.0 Å². The molecule has 0 spiro atoms.